The highest BCUT2D eigenvalue weighted by Gasteiger charge is 2.32. The van der Waals surface area contributed by atoms with Crippen LogP contribution in [0.3, 0.4) is 0 Å². The number of hydrogen-bond donors (Lipinski definition) is 1. The Kier molecular flexibility index (Phi) is 8.25. The Balaban J connectivity index is 2.27. The molecule has 1 aliphatic rings. The van der Waals surface area contributed by atoms with Crippen molar-refractivity contribution in [2.24, 2.45) is 0 Å². The maximum atomic E-state index is 13.0. The second-order valence-electron chi connectivity index (χ2n) is 7.16. The zero-order chi connectivity index (χ0) is 20.0. The number of nitrogens with zero attached hydrogens (tertiary/aromatic N) is 1. The Hall–Kier alpha value is -0.980. The largest absolute Gasteiger partial charge is 0.352 e. The van der Waals surface area contributed by atoms with E-state index in [2.05, 4.69) is 5.32 Å². The van der Waals surface area contributed by atoms with Crippen molar-refractivity contribution < 1.29 is 13.2 Å². The van der Waals surface area contributed by atoms with Crippen LogP contribution in [0.5, 0.6) is 0 Å². The first-order chi connectivity index (χ1) is 12.7. The Labute approximate surface area is 172 Å². The molecule has 2 rings (SSSR count). The minimum atomic E-state index is -3.71. The van der Waals surface area contributed by atoms with Gasteiger partial charge in [-0.25, -0.2) is 8.42 Å². The van der Waals surface area contributed by atoms with Gasteiger partial charge in [0.2, 0.25) is 15.9 Å². The van der Waals surface area contributed by atoms with E-state index in [4.69, 9.17) is 23.2 Å². The summed E-state index contributed by atoms with van der Waals surface area (Å²) in [4.78, 5) is 13.0. The van der Waals surface area contributed by atoms with Crippen molar-refractivity contribution in [2.75, 3.05) is 10.6 Å². The second-order valence-corrected chi connectivity index (χ2v) is 9.89. The number of halogens is 2. The van der Waals surface area contributed by atoms with E-state index in [1.54, 1.807) is 6.92 Å². The predicted molar refractivity (Wildman–Crippen MR) is 112 cm³/mol. The molecule has 0 aliphatic heterocycles. The van der Waals surface area contributed by atoms with Crippen molar-refractivity contribution >= 4 is 44.8 Å². The number of hydrogen-bond acceptors (Lipinski definition) is 3. The van der Waals surface area contributed by atoms with E-state index in [1.807, 2.05) is 0 Å². The number of sulfonamides is 1. The van der Waals surface area contributed by atoms with Crippen LogP contribution in [0.4, 0.5) is 5.69 Å². The van der Waals surface area contributed by atoms with Crippen molar-refractivity contribution in [3.05, 3.63) is 28.2 Å². The van der Waals surface area contributed by atoms with Gasteiger partial charge in [0.15, 0.2) is 0 Å². The number of carbonyl (C=O) groups excluding carboxylic acids is 1. The van der Waals surface area contributed by atoms with Crippen LogP contribution < -0.4 is 9.62 Å². The zero-order valence-corrected chi connectivity index (χ0v) is 18.2. The average molecular weight is 435 g/mol. The summed E-state index contributed by atoms with van der Waals surface area (Å²) in [6, 6.07) is 3.81. The molecule has 5 nitrogen and oxygen atoms in total. The molecule has 0 unspecified atom stereocenters. The second kappa shape index (κ2) is 9.99. The highest BCUT2D eigenvalue weighted by molar-refractivity contribution is 7.92. The Morgan fingerprint density at radius 1 is 1.11 bits per heavy atom. The SMILES string of the molecule is CC[C@H](C(=O)NC1CCCCCCC1)N(c1cc(Cl)cc(Cl)c1)S(C)(=O)=O. The fourth-order valence-electron chi connectivity index (χ4n) is 3.62. The number of rotatable bonds is 6. The van der Waals surface area contributed by atoms with Crippen molar-refractivity contribution in [3.63, 3.8) is 0 Å². The highest BCUT2D eigenvalue weighted by Crippen LogP contribution is 2.29. The third kappa shape index (κ3) is 6.54. The smallest absolute Gasteiger partial charge is 0.244 e. The molecule has 0 saturated heterocycles. The van der Waals surface area contributed by atoms with Crippen LogP contribution in [0.1, 0.15) is 58.3 Å². The minimum absolute atomic E-state index is 0.0937. The molecule has 152 valence electrons. The van der Waals surface area contributed by atoms with Gasteiger partial charge in [-0.15, -0.1) is 0 Å². The van der Waals surface area contributed by atoms with E-state index in [1.165, 1.54) is 37.5 Å². The first-order valence-electron chi connectivity index (χ1n) is 9.48. The minimum Gasteiger partial charge on any atom is -0.352 e. The molecule has 1 aliphatic carbocycles. The van der Waals surface area contributed by atoms with Gasteiger partial charge in [-0.3, -0.25) is 9.10 Å². The summed E-state index contributed by atoms with van der Waals surface area (Å²) in [6.07, 6.45) is 9.08. The number of nitrogens with one attached hydrogen (secondary N) is 1. The van der Waals surface area contributed by atoms with Crippen molar-refractivity contribution in [3.8, 4) is 0 Å². The summed E-state index contributed by atoms with van der Waals surface area (Å²) >= 11 is 12.1. The lowest BCUT2D eigenvalue weighted by molar-refractivity contribution is -0.123. The topological polar surface area (TPSA) is 66.5 Å². The zero-order valence-electron chi connectivity index (χ0n) is 15.9. The lowest BCUT2D eigenvalue weighted by atomic mass is 9.96. The van der Waals surface area contributed by atoms with Gasteiger partial charge in [-0.05, 0) is 37.5 Å². The molecule has 1 saturated carbocycles. The molecule has 1 N–H and O–H groups in total. The van der Waals surface area contributed by atoms with Gasteiger partial charge in [0, 0.05) is 16.1 Å². The van der Waals surface area contributed by atoms with Crippen LogP contribution in [-0.2, 0) is 14.8 Å². The van der Waals surface area contributed by atoms with E-state index in [9.17, 15) is 13.2 Å². The van der Waals surface area contributed by atoms with E-state index in [-0.39, 0.29) is 11.9 Å². The van der Waals surface area contributed by atoms with Crippen molar-refractivity contribution in [2.45, 2.75) is 70.4 Å². The van der Waals surface area contributed by atoms with Crippen LogP contribution in [0.15, 0.2) is 18.2 Å². The number of carbonyl (C=O) groups is 1. The normalized spacial score (nSPS) is 17.6. The van der Waals surface area contributed by atoms with Gasteiger partial charge in [0.05, 0.1) is 11.9 Å². The first kappa shape index (κ1) is 22.3. The van der Waals surface area contributed by atoms with E-state index in [0.717, 1.165) is 36.2 Å². The molecule has 1 aromatic rings. The van der Waals surface area contributed by atoms with Crippen LogP contribution in [-0.4, -0.2) is 32.7 Å². The van der Waals surface area contributed by atoms with E-state index in [0.29, 0.717) is 22.2 Å². The average Bonchev–Trinajstić information content (AvgIpc) is 2.52. The molecule has 0 spiro atoms. The molecule has 1 aromatic carbocycles. The van der Waals surface area contributed by atoms with Crippen molar-refractivity contribution in [1.29, 1.82) is 0 Å². The molecule has 0 heterocycles. The van der Waals surface area contributed by atoms with Crippen LogP contribution in [0, 0.1) is 0 Å². The van der Waals surface area contributed by atoms with Gasteiger partial charge in [-0.2, -0.15) is 0 Å². The molecule has 0 aromatic heterocycles. The summed E-state index contributed by atoms with van der Waals surface area (Å²) < 4.78 is 26.2. The Bertz CT molecular complexity index is 727. The van der Waals surface area contributed by atoms with E-state index < -0.39 is 16.1 Å². The third-order valence-electron chi connectivity index (χ3n) is 4.88. The highest BCUT2D eigenvalue weighted by atomic mass is 35.5. The quantitative estimate of drug-likeness (QED) is 0.700. The van der Waals surface area contributed by atoms with Crippen LogP contribution in [0.25, 0.3) is 0 Å². The Morgan fingerprint density at radius 2 is 1.63 bits per heavy atom. The summed E-state index contributed by atoms with van der Waals surface area (Å²) in [5.74, 6) is -0.274. The molecular weight excluding hydrogens is 407 g/mol. The third-order valence-corrected chi connectivity index (χ3v) is 6.50. The number of benzene rings is 1. The predicted octanol–water partition coefficient (Wildman–Crippen LogP) is 4.77. The van der Waals surface area contributed by atoms with Gasteiger partial charge in [-0.1, -0.05) is 62.2 Å². The molecule has 1 atom stereocenters. The van der Waals surface area contributed by atoms with Crippen LogP contribution >= 0.6 is 23.2 Å². The number of amides is 1. The van der Waals surface area contributed by atoms with Crippen molar-refractivity contribution in [1.82, 2.24) is 5.32 Å². The van der Waals surface area contributed by atoms with E-state index >= 15 is 0 Å². The van der Waals surface area contributed by atoms with Crippen LogP contribution in [0.2, 0.25) is 10.0 Å². The molecule has 1 amide bonds. The molecular formula is C19H28Cl2N2O3S. The Morgan fingerprint density at radius 3 is 2.11 bits per heavy atom. The summed E-state index contributed by atoms with van der Waals surface area (Å²) in [7, 11) is -3.71. The molecule has 1 fully saturated rings. The standard InChI is InChI=1S/C19H28Cl2N2O3S/c1-3-18(19(24)22-16-9-7-5-4-6-8-10-16)23(27(2,25)26)17-12-14(20)11-15(21)13-17/h11-13,16,18H,3-10H2,1-2H3,(H,22,24)/t18-/m1/s1. The lowest BCUT2D eigenvalue weighted by Crippen LogP contribution is -2.51. The summed E-state index contributed by atoms with van der Waals surface area (Å²) in [5.41, 5.74) is 0.301. The maximum absolute atomic E-state index is 13.0. The van der Waals surface area contributed by atoms with Gasteiger partial charge in [0.1, 0.15) is 6.04 Å². The van der Waals surface area contributed by atoms with Gasteiger partial charge < -0.3 is 5.32 Å². The van der Waals surface area contributed by atoms with Gasteiger partial charge >= 0.3 is 0 Å². The van der Waals surface area contributed by atoms with Gasteiger partial charge in [0.25, 0.3) is 0 Å². The molecule has 0 bridgehead atoms. The summed E-state index contributed by atoms with van der Waals surface area (Å²) in [6.45, 7) is 1.80. The lowest BCUT2D eigenvalue weighted by Gasteiger charge is -2.32. The monoisotopic (exact) mass is 434 g/mol. The number of anilines is 1. The maximum Gasteiger partial charge on any atom is 0.244 e. The molecule has 0 radical (unpaired) electrons. The summed E-state index contributed by atoms with van der Waals surface area (Å²) in [5, 5.41) is 3.72. The molecule has 27 heavy (non-hydrogen) atoms. The fourth-order valence-corrected chi connectivity index (χ4v) is 5.33. The first-order valence-corrected chi connectivity index (χ1v) is 12.1. The fraction of sp³-hybridized carbons (Fsp3) is 0.632. The molecule has 8 heteroatoms.